The molecule has 0 heterocycles. The normalized spacial score (nSPS) is 14.9. The van der Waals surface area contributed by atoms with Crippen LogP contribution in [0.1, 0.15) is 17.5 Å². The van der Waals surface area contributed by atoms with Crippen LogP contribution in [0, 0.1) is 6.92 Å². The highest BCUT2D eigenvalue weighted by Gasteiger charge is 2.16. The Morgan fingerprint density at radius 2 is 2.11 bits per heavy atom. The van der Waals surface area contributed by atoms with Gasteiger partial charge in [-0.2, -0.15) is 10.2 Å². The van der Waals surface area contributed by atoms with Gasteiger partial charge in [0.05, 0.1) is 11.4 Å². The molecule has 0 saturated heterocycles. The molecule has 0 saturated carbocycles. The standard InChI is InChI=1S/C16H17N3/c1-5-13-14(7-9-16(13)17-3)12-6-8-15(19-18-4)11(2)10-12/h5-8,10H,1,3,9H2,2,4H3. The third-order valence-corrected chi connectivity index (χ3v) is 3.21. The molecular weight excluding hydrogens is 234 g/mol. The van der Waals surface area contributed by atoms with Gasteiger partial charge in [0.2, 0.25) is 0 Å². The number of allylic oxidation sites excluding steroid dienone is 4. The van der Waals surface area contributed by atoms with Gasteiger partial charge in [0.25, 0.3) is 0 Å². The Hall–Kier alpha value is -2.29. The number of aryl methyl sites for hydroxylation is 1. The van der Waals surface area contributed by atoms with Crippen LogP contribution in [0.4, 0.5) is 5.69 Å². The van der Waals surface area contributed by atoms with E-state index in [1.165, 1.54) is 5.57 Å². The molecule has 0 spiro atoms. The van der Waals surface area contributed by atoms with Gasteiger partial charge in [0.15, 0.2) is 0 Å². The quantitative estimate of drug-likeness (QED) is 0.552. The van der Waals surface area contributed by atoms with Crippen molar-refractivity contribution in [2.24, 2.45) is 15.2 Å². The molecule has 3 nitrogen and oxygen atoms in total. The molecule has 0 bridgehead atoms. The van der Waals surface area contributed by atoms with Gasteiger partial charge in [-0.1, -0.05) is 24.8 Å². The van der Waals surface area contributed by atoms with Crippen molar-refractivity contribution in [3.63, 3.8) is 0 Å². The summed E-state index contributed by atoms with van der Waals surface area (Å²) in [5, 5.41) is 7.90. The highest BCUT2D eigenvalue weighted by Crippen LogP contribution is 2.36. The Morgan fingerprint density at radius 1 is 1.32 bits per heavy atom. The summed E-state index contributed by atoms with van der Waals surface area (Å²) in [6, 6.07) is 6.16. The second-order valence-electron chi connectivity index (χ2n) is 4.35. The van der Waals surface area contributed by atoms with Crippen molar-refractivity contribution in [3.8, 4) is 0 Å². The van der Waals surface area contributed by atoms with E-state index < -0.39 is 0 Å². The fraction of sp³-hybridized carbons (Fsp3) is 0.188. The summed E-state index contributed by atoms with van der Waals surface area (Å²) < 4.78 is 0. The van der Waals surface area contributed by atoms with E-state index in [2.05, 4.69) is 46.7 Å². The molecule has 0 radical (unpaired) electrons. The summed E-state index contributed by atoms with van der Waals surface area (Å²) in [6.45, 7) is 9.51. The third-order valence-electron chi connectivity index (χ3n) is 3.21. The van der Waals surface area contributed by atoms with Crippen molar-refractivity contribution >= 4 is 18.0 Å². The largest absolute Gasteiger partial charge is 0.268 e. The van der Waals surface area contributed by atoms with Crippen LogP contribution in [-0.4, -0.2) is 13.8 Å². The van der Waals surface area contributed by atoms with E-state index in [4.69, 9.17) is 0 Å². The molecule has 1 aliphatic carbocycles. The van der Waals surface area contributed by atoms with Crippen LogP contribution in [0.15, 0.2) is 63.4 Å². The van der Waals surface area contributed by atoms with E-state index in [9.17, 15) is 0 Å². The number of benzene rings is 1. The van der Waals surface area contributed by atoms with E-state index in [1.807, 2.05) is 19.1 Å². The lowest BCUT2D eigenvalue weighted by atomic mass is 9.98. The molecule has 1 aromatic rings. The van der Waals surface area contributed by atoms with Crippen molar-refractivity contribution < 1.29 is 0 Å². The first-order chi connectivity index (χ1) is 9.21. The van der Waals surface area contributed by atoms with Crippen molar-refractivity contribution in [2.75, 3.05) is 7.05 Å². The SMILES string of the molecule is C=CC1=C(N=C)CC=C1c1ccc(N=NC)c(C)c1. The highest BCUT2D eigenvalue weighted by molar-refractivity contribution is 5.86. The van der Waals surface area contributed by atoms with Crippen molar-refractivity contribution in [3.05, 3.63) is 59.3 Å². The molecule has 0 aliphatic heterocycles. The second-order valence-corrected chi connectivity index (χ2v) is 4.35. The first-order valence-electron chi connectivity index (χ1n) is 6.15. The number of hydrogen-bond acceptors (Lipinski definition) is 3. The molecule has 0 atom stereocenters. The first-order valence-corrected chi connectivity index (χ1v) is 6.15. The maximum Gasteiger partial charge on any atom is 0.0881 e. The minimum Gasteiger partial charge on any atom is -0.268 e. The molecule has 19 heavy (non-hydrogen) atoms. The van der Waals surface area contributed by atoms with Crippen LogP contribution in [0.25, 0.3) is 5.57 Å². The van der Waals surface area contributed by atoms with Gasteiger partial charge < -0.3 is 0 Å². The van der Waals surface area contributed by atoms with Gasteiger partial charge in [-0.05, 0) is 42.5 Å². The van der Waals surface area contributed by atoms with E-state index in [-0.39, 0.29) is 0 Å². The summed E-state index contributed by atoms with van der Waals surface area (Å²) in [7, 11) is 1.67. The summed E-state index contributed by atoms with van der Waals surface area (Å²) in [5.41, 5.74) is 6.38. The van der Waals surface area contributed by atoms with Gasteiger partial charge in [-0.15, -0.1) is 0 Å². The predicted molar refractivity (Wildman–Crippen MR) is 81.0 cm³/mol. The number of rotatable bonds is 4. The van der Waals surface area contributed by atoms with Crippen LogP contribution >= 0.6 is 0 Å². The molecule has 0 aromatic heterocycles. The summed E-state index contributed by atoms with van der Waals surface area (Å²) in [4.78, 5) is 4.06. The van der Waals surface area contributed by atoms with Gasteiger partial charge in [-0.3, -0.25) is 4.99 Å². The smallest absolute Gasteiger partial charge is 0.0881 e. The average molecular weight is 251 g/mol. The van der Waals surface area contributed by atoms with Crippen molar-refractivity contribution in [1.82, 2.24) is 0 Å². The Balaban J connectivity index is 2.44. The zero-order valence-electron chi connectivity index (χ0n) is 11.3. The maximum absolute atomic E-state index is 4.09. The van der Waals surface area contributed by atoms with E-state index in [0.717, 1.165) is 34.5 Å². The Kier molecular flexibility index (Phi) is 3.85. The molecule has 0 fully saturated rings. The maximum atomic E-state index is 4.09. The highest BCUT2D eigenvalue weighted by atomic mass is 15.1. The number of azo groups is 1. The minimum absolute atomic E-state index is 0.815. The number of hydrogen-bond donors (Lipinski definition) is 0. The van der Waals surface area contributed by atoms with Crippen LogP contribution in [0.5, 0.6) is 0 Å². The van der Waals surface area contributed by atoms with Gasteiger partial charge in [-0.25, -0.2) is 0 Å². The lowest BCUT2D eigenvalue weighted by molar-refractivity contribution is 1.15. The summed E-state index contributed by atoms with van der Waals surface area (Å²) in [5.74, 6) is 0. The molecule has 2 rings (SSSR count). The summed E-state index contributed by atoms with van der Waals surface area (Å²) in [6.07, 6.45) is 4.82. The molecular formula is C16H17N3. The van der Waals surface area contributed by atoms with Gasteiger partial charge in [0, 0.05) is 19.0 Å². The molecule has 1 aromatic carbocycles. The van der Waals surface area contributed by atoms with Crippen LogP contribution in [0.2, 0.25) is 0 Å². The van der Waals surface area contributed by atoms with E-state index in [0.29, 0.717) is 0 Å². The monoisotopic (exact) mass is 251 g/mol. The minimum atomic E-state index is 0.815. The number of aliphatic imine (C=N–C) groups is 1. The van der Waals surface area contributed by atoms with Crippen LogP contribution in [0.3, 0.4) is 0 Å². The zero-order chi connectivity index (χ0) is 13.8. The van der Waals surface area contributed by atoms with Crippen LogP contribution in [-0.2, 0) is 0 Å². The number of nitrogens with zero attached hydrogens (tertiary/aromatic N) is 3. The topological polar surface area (TPSA) is 37.1 Å². The average Bonchev–Trinajstić information content (AvgIpc) is 2.84. The second kappa shape index (κ2) is 5.57. The molecule has 0 amide bonds. The van der Waals surface area contributed by atoms with Gasteiger partial charge >= 0.3 is 0 Å². The lowest BCUT2D eigenvalue weighted by Crippen LogP contribution is -1.87. The zero-order valence-corrected chi connectivity index (χ0v) is 11.3. The lowest BCUT2D eigenvalue weighted by Gasteiger charge is -2.08. The fourth-order valence-corrected chi connectivity index (χ4v) is 2.27. The molecule has 96 valence electrons. The molecule has 3 heteroatoms. The Morgan fingerprint density at radius 3 is 2.68 bits per heavy atom. The van der Waals surface area contributed by atoms with Crippen LogP contribution < -0.4 is 0 Å². The predicted octanol–water partition coefficient (Wildman–Crippen LogP) is 4.64. The van der Waals surface area contributed by atoms with E-state index in [1.54, 1.807) is 7.05 Å². The van der Waals surface area contributed by atoms with Gasteiger partial charge in [0.1, 0.15) is 0 Å². The molecule has 0 N–H and O–H groups in total. The first kappa shape index (κ1) is 13.1. The third kappa shape index (κ3) is 2.45. The fourth-order valence-electron chi connectivity index (χ4n) is 2.27. The van der Waals surface area contributed by atoms with E-state index >= 15 is 0 Å². The molecule has 0 unspecified atom stereocenters. The summed E-state index contributed by atoms with van der Waals surface area (Å²) >= 11 is 0. The molecule has 1 aliphatic rings. The van der Waals surface area contributed by atoms with Crippen molar-refractivity contribution in [2.45, 2.75) is 13.3 Å². The van der Waals surface area contributed by atoms with Crippen molar-refractivity contribution in [1.29, 1.82) is 0 Å². The Labute approximate surface area is 113 Å². The Bertz CT molecular complexity index is 619.